The Bertz CT molecular complexity index is 196. The highest BCUT2D eigenvalue weighted by atomic mass is 16.4. The third-order valence-corrected chi connectivity index (χ3v) is 2.93. The maximum absolute atomic E-state index is 10.8. The molecule has 1 aliphatic rings. The van der Waals surface area contributed by atoms with Crippen LogP contribution in [0.1, 0.15) is 13.3 Å². The van der Waals surface area contributed by atoms with Gasteiger partial charge in [0.2, 0.25) is 0 Å². The number of nitrogens with zero attached hydrogens (tertiary/aromatic N) is 2. The second-order valence-corrected chi connectivity index (χ2v) is 3.76. The van der Waals surface area contributed by atoms with Crippen LogP contribution in [0, 0.1) is 0 Å². The average Bonchev–Trinajstić information content (AvgIpc) is 2.46. The predicted octanol–water partition coefficient (Wildman–Crippen LogP) is 0.0954. The van der Waals surface area contributed by atoms with Crippen molar-refractivity contribution in [2.75, 3.05) is 27.2 Å². The van der Waals surface area contributed by atoms with Gasteiger partial charge < -0.3 is 10.0 Å². The smallest absolute Gasteiger partial charge is 0.320 e. The van der Waals surface area contributed by atoms with Crippen LogP contribution in [0.25, 0.3) is 0 Å². The van der Waals surface area contributed by atoms with Gasteiger partial charge in [-0.15, -0.1) is 0 Å². The zero-order valence-electron chi connectivity index (χ0n) is 8.53. The predicted molar refractivity (Wildman–Crippen MR) is 50.8 cm³/mol. The Hall–Kier alpha value is -0.610. The van der Waals surface area contributed by atoms with Crippen LogP contribution in [0.2, 0.25) is 0 Å². The molecule has 0 spiro atoms. The number of carboxylic acid groups (broad SMARTS) is 1. The Balaban J connectivity index is 2.54. The fraction of sp³-hybridized carbons (Fsp3) is 0.889. The zero-order chi connectivity index (χ0) is 10.0. The standard InChI is InChI=1S/C9H18N2O2/c1-4-10(2)7-5-8(9(12)13)11(3)6-7/h7-8H,4-6H2,1-3H3,(H,12,13)/t7-,8+/m1/s1. The molecule has 0 amide bonds. The topological polar surface area (TPSA) is 43.8 Å². The molecule has 0 saturated carbocycles. The maximum Gasteiger partial charge on any atom is 0.320 e. The zero-order valence-corrected chi connectivity index (χ0v) is 8.53. The fourth-order valence-electron chi connectivity index (χ4n) is 1.84. The quantitative estimate of drug-likeness (QED) is 0.678. The van der Waals surface area contributed by atoms with Crippen LogP contribution < -0.4 is 0 Å². The first-order valence-corrected chi connectivity index (χ1v) is 4.69. The van der Waals surface area contributed by atoms with Crippen molar-refractivity contribution in [2.24, 2.45) is 0 Å². The molecule has 0 aromatic rings. The molecule has 4 heteroatoms. The van der Waals surface area contributed by atoms with E-state index in [-0.39, 0.29) is 6.04 Å². The maximum atomic E-state index is 10.8. The summed E-state index contributed by atoms with van der Waals surface area (Å²) in [5, 5.41) is 8.90. The Morgan fingerprint density at radius 2 is 2.31 bits per heavy atom. The molecule has 0 radical (unpaired) electrons. The van der Waals surface area contributed by atoms with E-state index in [0.717, 1.165) is 19.5 Å². The molecule has 0 unspecified atom stereocenters. The summed E-state index contributed by atoms with van der Waals surface area (Å²) in [4.78, 5) is 14.9. The molecular formula is C9H18N2O2. The molecule has 1 aliphatic heterocycles. The van der Waals surface area contributed by atoms with E-state index >= 15 is 0 Å². The Morgan fingerprint density at radius 1 is 1.69 bits per heavy atom. The number of carbonyl (C=O) groups is 1. The normalized spacial score (nSPS) is 29.8. The van der Waals surface area contributed by atoms with Gasteiger partial charge in [-0.3, -0.25) is 9.69 Å². The molecule has 1 saturated heterocycles. The molecule has 13 heavy (non-hydrogen) atoms. The van der Waals surface area contributed by atoms with Crippen LogP contribution in [0.5, 0.6) is 0 Å². The highest BCUT2D eigenvalue weighted by Gasteiger charge is 2.35. The van der Waals surface area contributed by atoms with E-state index in [1.807, 2.05) is 19.0 Å². The second kappa shape index (κ2) is 4.07. The van der Waals surface area contributed by atoms with Gasteiger partial charge in [0.25, 0.3) is 0 Å². The molecule has 0 bridgehead atoms. The van der Waals surface area contributed by atoms with Gasteiger partial charge in [-0.1, -0.05) is 6.92 Å². The van der Waals surface area contributed by atoms with E-state index in [2.05, 4.69) is 11.8 Å². The largest absolute Gasteiger partial charge is 0.480 e. The van der Waals surface area contributed by atoms with E-state index in [4.69, 9.17) is 5.11 Å². The first kappa shape index (κ1) is 10.5. The summed E-state index contributed by atoms with van der Waals surface area (Å²) < 4.78 is 0. The SMILES string of the molecule is CCN(C)[C@@H]1C[C@@H](C(=O)O)N(C)C1. The van der Waals surface area contributed by atoms with Crippen molar-refractivity contribution in [2.45, 2.75) is 25.4 Å². The molecule has 2 atom stereocenters. The van der Waals surface area contributed by atoms with Crippen LogP contribution in [0.15, 0.2) is 0 Å². The van der Waals surface area contributed by atoms with Crippen molar-refractivity contribution in [3.8, 4) is 0 Å². The Labute approximate surface area is 79.1 Å². The molecule has 76 valence electrons. The molecule has 4 nitrogen and oxygen atoms in total. The summed E-state index contributed by atoms with van der Waals surface area (Å²) in [7, 11) is 3.92. The minimum absolute atomic E-state index is 0.293. The third kappa shape index (κ3) is 2.19. The van der Waals surface area contributed by atoms with Gasteiger partial charge in [0.1, 0.15) is 6.04 Å². The van der Waals surface area contributed by atoms with Crippen LogP contribution in [-0.4, -0.2) is 60.1 Å². The molecule has 0 aromatic carbocycles. The Morgan fingerprint density at radius 3 is 2.69 bits per heavy atom. The van der Waals surface area contributed by atoms with Gasteiger partial charge in [-0.25, -0.2) is 0 Å². The van der Waals surface area contributed by atoms with Crippen LogP contribution in [0.4, 0.5) is 0 Å². The molecule has 1 rings (SSSR count). The van der Waals surface area contributed by atoms with Crippen molar-refractivity contribution in [1.82, 2.24) is 9.80 Å². The lowest BCUT2D eigenvalue weighted by Gasteiger charge is -2.21. The first-order valence-electron chi connectivity index (χ1n) is 4.69. The summed E-state index contributed by atoms with van der Waals surface area (Å²) in [6, 6.07) is 0.107. The van der Waals surface area contributed by atoms with Gasteiger partial charge in [0.15, 0.2) is 0 Å². The molecule has 1 N–H and O–H groups in total. The lowest BCUT2D eigenvalue weighted by molar-refractivity contribution is -0.141. The van der Waals surface area contributed by atoms with Gasteiger partial charge >= 0.3 is 5.97 Å². The highest BCUT2D eigenvalue weighted by Crippen LogP contribution is 2.19. The van der Waals surface area contributed by atoms with Crippen molar-refractivity contribution < 1.29 is 9.90 Å². The minimum atomic E-state index is -0.700. The monoisotopic (exact) mass is 186 g/mol. The van der Waals surface area contributed by atoms with E-state index < -0.39 is 5.97 Å². The van der Waals surface area contributed by atoms with Crippen LogP contribution >= 0.6 is 0 Å². The summed E-state index contributed by atoms with van der Waals surface area (Å²) in [6.45, 7) is 3.93. The summed E-state index contributed by atoms with van der Waals surface area (Å²) in [5.41, 5.74) is 0. The van der Waals surface area contributed by atoms with Crippen molar-refractivity contribution in [1.29, 1.82) is 0 Å². The summed E-state index contributed by atoms with van der Waals surface area (Å²) in [6.07, 6.45) is 0.746. The van der Waals surface area contributed by atoms with Crippen molar-refractivity contribution in [3.05, 3.63) is 0 Å². The summed E-state index contributed by atoms with van der Waals surface area (Å²) >= 11 is 0. The molecular weight excluding hydrogens is 168 g/mol. The third-order valence-electron chi connectivity index (χ3n) is 2.93. The lowest BCUT2D eigenvalue weighted by atomic mass is 10.1. The summed E-state index contributed by atoms with van der Waals surface area (Å²) in [5.74, 6) is -0.700. The molecule has 0 aliphatic carbocycles. The van der Waals surface area contributed by atoms with Gasteiger partial charge in [0.05, 0.1) is 0 Å². The number of carboxylic acids is 1. The van der Waals surface area contributed by atoms with E-state index in [9.17, 15) is 4.79 Å². The molecule has 0 aromatic heterocycles. The van der Waals surface area contributed by atoms with Crippen LogP contribution in [-0.2, 0) is 4.79 Å². The number of hydrogen-bond donors (Lipinski definition) is 1. The second-order valence-electron chi connectivity index (χ2n) is 3.76. The number of likely N-dealkylation sites (tertiary alicyclic amines) is 1. The van der Waals surface area contributed by atoms with E-state index in [1.165, 1.54) is 0 Å². The van der Waals surface area contributed by atoms with E-state index in [0.29, 0.717) is 6.04 Å². The number of aliphatic carboxylic acids is 1. The first-order chi connectivity index (χ1) is 6.06. The Kier molecular flexibility index (Phi) is 3.27. The number of rotatable bonds is 3. The highest BCUT2D eigenvalue weighted by molar-refractivity contribution is 5.73. The van der Waals surface area contributed by atoms with Crippen molar-refractivity contribution in [3.63, 3.8) is 0 Å². The lowest BCUT2D eigenvalue weighted by Crippen LogP contribution is -2.33. The van der Waals surface area contributed by atoms with Gasteiger partial charge in [-0.05, 0) is 27.1 Å². The van der Waals surface area contributed by atoms with Gasteiger partial charge in [-0.2, -0.15) is 0 Å². The molecule has 1 heterocycles. The molecule has 1 fully saturated rings. The number of hydrogen-bond acceptors (Lipinski definition) is 3. The minimum Gasteiger partial charge on any atom is -0.480 e. The van der Waals surface area contributed by atoms with Crippen LogP contribution in [0.3, 0.4) is 0 Å². The van der Waals surface area contributed by atoms with Crippen molar-refractivity contribution >= 4 is 5.97 Å². The average molecular weight is 186 g/mol. The van der Waals surface area contributed by atoms with E-state index in [1.54, 1.807) is 0 Å². The number of likely N-dealkylation sites (N-methyl/N-ethyl adjacent to an activating group) is 2. The van der Waals surface area contributed by atoms with Gasteiger partial charge in [0, 0.05) is 12.6 Å². The fourth-order valence-corrected chi connectivity index (χ4v) is 1.84.